The number of para-hydroxylation sites is 1. The molecule has 0 aliphatic heterocycles. The number of rotatable bonds is 5. The highest BCUT2D eigenvalue weighted by Gasteiger charge is 2.16. The van der Waals surface area contributed by atoms with E-state index in [4.69, 9.17) is 9.15 Å². The van der Waals surface area contributed by atoms with E-state index in [2.05, 4.69) is 10.0 Å². The molecule has 0 spiro atoms. The van der Waals surface area contributed by atoms with Crippen LogP contribution in [0.1, 0.15) is 10.4 Å². The molecule has 1 heterocycles. The second kappa shape index (κ2) is 7.23. The zero-order valence-corrected chi connectivity index (χ0v) is 16.5. The molecule has 1 amide bonds. The predicted molar refractivity (Wildman–Crippen MR) is 111 cm³/mol. The summed E-state index contributed by atoms with van der Waals surface area (Å²) < 4.78 is 37.2. The van der Waals surface area contributed by atoms with Crippen molar-refractivity contribution in [1.82, 2.24) is 4.72 Å². The average Bonchev–Trinajstić information content (AvgIpc) is 3.10. The molecule has 0 radical (unpaired) electrons. The van der Waals surface area contributed by atoms with Crippen LogP contribution in [-0.2, 0) is 10.0 Å². The van der Waals surface area contributed by atoms with Gasteiger partial charge in [0, 0.05) is 22.4 Å². The highest BCUT2D eigenvalue weighted by Crippen LogP contribution is 2.36. The monoisotopic (exact) mass is 410 g/mol. The van der Waals surface area contributed by atoms with Crippen molar-refractivity contribution in [2.45, 2.75) is 4.90 Å². The maximum Gasteiger partial charge on any atom is 0.255 e. The van der Waals surface area contributed by atoms with Gasteiger partial charge in [-0.3, -0.25) is 4.79 Å². The fourth-order valence-corrected chi connectivity index (χ4v) is 3.85. The number of nitrogens with one attached hydrogen (secondary N) is 2. The number of fused-ring (bicyclic) bond motifs is 3. The molecule has 2 N–H and O–H groups in total. The molecule has 3 aromatic carbocycles. The van der Waals surface area contributed by atoms with Gasteiger partial charge in [-0.1, -0.05) is 18.2 Å². The Hall–Kier alpha value is -3.36. The molecule has 148 valence electrons. The molecule has 7 nitrogen and oxygen atoms in total. The van der Waals surface area contributed by atoms with Crippen molar-refractivity contribution in [2.24, 2.45) is 0 Å². The van der Waals surface area contributed by atoms with E-state index < -0.39 is 15.9 Å². The number of anilines is 1. The summed E-state index contributed by atoms with van der Waals surface area (Å²) in [6, 6.07) is 16.8. The Bertz CT molecular complexity index is 1320. The third-order valence-corrected chi connectivity index (χ3v) is 6.07. The molecule has 1 aromatic heterocycles. The molecule has 8 heteroatoms. The van der Waals surface area contributed by atoms with Crippen LogP contribution in [0.3, 0.4) is 0 Å². The van der Waals surface area contributed by atoms with Crippen LogP contribution in [0.15, 0.2) is 70.0 Å². The number of furan rings is 1. The quantitative estimate of drug-likeness (QED) is 0.522. The molecule has 29 heavy (non-hydrogen) atoms. The lowest BCUT2D eigenvalue weighted by molar-refractivity contribution is 0.102. The molecule has 0 saturated carbocycles. The third-order valence-electron chi connectivity index (χ3n) is 4.64. The zero-order chi connectivity index (χ0) is 20.6. The van der Waals surface area contributed by atoms with Crippen molar-refractivity contribution in [3.63, 3.8) is 0 Å². The van der Waals surface area contributed by atoms with E-state index in [1.165, 1.54) is 38.4 Å². The van der Waals surface area contributed by atoms with Crippen LogP contribution in [0, 0.1) is 0 Å². The van der Waals surface area contributed by atoms with Gasteiger partial charge in [0.2, 0.25) is 10.0 Å². The number of hydrogen-bond donors (Lipinski definition) is 2. The number of carbonyl (C=O) groups is 1. The van der Waals surface area contributed by atoms with Gasteiger partial charge < -0.3 is 14.5 Å². The first-order valence-electron chi connectivity index (χ1n) is 8.77. The van der Waals surface area contributed by atoms with E-state index in [-0.39, 0.29) is 4.90 Å². The maximum atomic E-state index is 12.7. The summed E-state index contributed by atoms with van der Waals surface area (Å²) in [5.74, 6) is 0.0963. The van der Waals surface area contributed by atoms with Gasteiger partial charge in [-0.15, -0.1) is 0 Å². The Morgan fingerprint density at radius 2 is 1.69 bits per heavy atom. The number of carbonyl (C=O) groups excluding carboxylic acids is 1. The molecule has 0 fully saturated rings. The smallest absolute Gasteiger partial charge is 0.255 e. The first kappa shape index (κ1) is 19.0. The van der Waals surface area contributed by atoms with Crippen molar-refractivity contribution < 1.29 is 22.4 Å². The van der Waals surface area contributed by atoms with Crippen molar-refractivity contribution in [3.05, 3.63) is 66.2 Å². The number of hydrogen-bond acceptors (Lipinski definition) is 5. The van der Waals surface area contributed by atoms with Gasteiger partial charge in [0.15, 0.2) is 0 Å². The van der Waals surface area contributed by atoms with Gasteiger partial charge in [0.1, 0.15) is 16.9 Å². The first-order chi connectivity index (χ1) is 13.9. The second-order valence-corrected chi connectivity index (χ2v) is 8.22. The molecule has 0 aliphatic rings. The summed E-state index contributed by atoms with van der Waals surface area (Å²) in [5.41, 5.74) is 2.13. The molecule has 4 aromatic rings. The minimum atomic E-state index is -3.56. The van der Waals surface area contributed by atoms with Crippen LogP contribution in [0.5, 0.6) is 5.75 Å². The Kier molecular flexibility index (Phi) is 4.73. The molecule has 0 unspecified atom stereocenters. The normalized spacial score (nSPS) is 11.7. The van der Waals surface area contributed by atoms with E-state index in [0.717, 1.165) is 16.4 Å². The van der Waals surface area contributed by atoms with Crippen molar-refractivity contribution in [1.29, 1.82) is 0 Å². The van der Waals surface area contributed by atoms with Gasteiger partial charge >= 0.3 is 0 Å². The van der Waals surface area contributed by atoms with E-state index >= 15 is 0 Å². The Labute approximate surface area is 167 Å². The standard InChI is InChI=1S/C21H18N2O5S/c1-22-29(25,26)14-9-7-13(8-10-14)21(24)23-17-12-19-16(11-20(17)27-2)15-5-3-4-6-18(15)28-19/h3-12,22H,1-2H3,(H,23,24). The van der Waals surface area contributed by atoms with Gasteiger partial charge in [-0.25, -0.2) is 13.1 Å². The average molecular weight is 410 g/mol. The van der Waals surface area contributed by atoms with Crippen molar-refractivity contribution in [2.75, 3.05) is 19.5 Å². The maximum absolute atomic E-state index is 12.7. The van der Waals surface area contributed by atoms with E-state index in [0.29, 0.717) is 22.6 Å². The molecular weight excluding hydrogens is 392 g/mol. The Balaban J connectivity index is 1.68. The lowest BCUT2D eigenvalue weighted by atomic mass is 10.1. The highest BCUT2D eigenvalue weighted by atomic mass is 32.2. The van der Waals surface area contributed by atoms with Crippen LogP contribution in [0.4, 0.5) is 5.69 Å². The van der Waals surface area contributed by atoms with E-state index in [9.17, 15) is 13.2 Å². The van der Waals surface area contributed by atoms with Gasteiger partial charge in [0.05, 0.1) is 17.7 Å². The third kappa shape index (κ3) is 3.43. The van der Waals surface area contributed by atoms with Gasteiger partial charge in [-0.2, -0.15) is 0 Å². The lowest BCUT2D eigenvalue weighted by Gasteiger charge is -2.11. The molecule has 0 aliphatic carbocycles. The second-order valence-electron chi connectivity index (χ2n) is 6.33. The lowest BCUT2D eigenvalue weighted by Crippen LogP contribution is -2.19. The number of sulfonamides is 1. The molecule has 0 saturated heterocycles. The largest absolute Gasteiger partial charge is 0.495 e. The molecule has 0 bridgehead atoms. The molecule has 0 atom stereocenters. The first-order valence-corrected chi connectivity index (χ1v) is 10.3. The van der Waals surface area contributed by atoms with Crippen LogP contribution < -0.4 is 14.8 Å². The summed E-state index contributed by atoms with van der Waals surface area (Å²) in [4.78, 5) is 12.7. The van der Waals surface area contributed by atoms with Crippen molar-refractivity contribution >= 4 is 43.6 Å². The van der Waals surface area contributed by atoms with Gasteiger partial charge in [0.25, 0.3) is 5.91 Å². The summed E-state index contributed by atoms with van der Waals surface area (Å²) in [6.45, 7) is 0. The number of ether oxygens (including phenoxy) is 1. The molecule has 4 rings (SSSR count). The van der Waals surface area contributed by atoms with Crippen LogP contribution in [0.25, 0.3) is 21.9 Å². The predicted octanol–water partition coefficient (Wildman–Crippen LogP) is 3.76. The van der Waals surface area contributed by atoms with E-state index in [1.54, 1.807) is 6.07 Å². The topological polar surface area (TPSA) is 97.6 Å². The van der Waals surface area contributed by atoms with Crippen LogP contribution in [-0.4, -0.2) is 28.5 Å². The Morgan fingerprint density at radius 3 is 2.38 bits per heavy atom. The van der Waals surface area contributed by atoms with Gasteiger partial charge in [-0.05, 0) is 43.4 Å². The van der Waals surface area contributed by atoms with Crippen molar-refractivity contribution in [3.8, 4) is 5.75 Å². The summed E-state index contributed by atoms with van der Waals surface area (Å²) >= 11 is 0. The zero-order valence-electron chi connectivity index (χ0n) is 15.7. The minimum absolute atomic E-state index is 0.0813. The fraction of sp³-hybridized carbons (Fsp3) is 0.0952. The summed E-state index contributed by atoms with van der Waals surface area (Å²) in [6.07, 6.45) is 0. The minimum Gasteiger partial charge on any atom is -0.495 e. The van der Waals surface area contributed by atoms with E-state index in [1.807, 2.05) is 30.3 Å². The van der Waals surface area contributed by atoms with Crippen LogP contribution in [0.2, 0.25) is 0 Å². The number of amides is 1. The number of benzene rings is 3. The Morgan fingerprint density at radius 1 is 0.966 bits per heavy atom. The van der Waals surface area contributed by atoms with Crippen LogP contribution >= 0.6 is 0 Å². The summed E-state index contributed by atoms with van der Waals surface area (Å²) in [5, 5.41) is 4.64. The fourth-order valence-electron chi connectivity index (χ4n) is 3.12. The SMILES string of the molecule is CNS(=O)(=O)c1ccc(C(=O)Nc2cc3oc4ccccc4c3cc2OC)cc1. The number of methoxy groups -OCH3 is 1. The summed E-state index contributed by atoms with van der Waals surface area (Å²) in [7, 11) is -0.707. The molecular formula is C21H18N2O5S. The highest BCUT2D eigenvalue weighted by molar-refractivity contribution is 7.89.